The standard InChI is InChI=1S/C21H39N3O5/c1-8-13(9-2)16-15-17(29-24(16)22)14(18(25)26)11-21(15,10-12(3)4)23-19(27)28-20(5,6)7/h12-17H,8-11,22H2,1-7H3,(H,23,27)(H,25,26)/t14-,15+,16?,17?,21+/m0/s1. The van der Waals surface area contributed by atoms with E-state index in [1.807, 2.05) is 20.8 Å². The number of alkyl carbamates (subject to hydrolysis) is 1. The summed E-state index contributed by atoms with van der Waals surface area (Å²) in [7, 11) is 0. The number of hydrogen-bond acceptors (Lipinski definition) is 6. The number of nitrogens with one attached hydrogen (secondary N) is 1. The van der Waals surface area contributed by atoms with E-state index in [1.165, 1.54) is 5.17 Å². The lowest BCUT2D eigenvalue weighted by Crippen LogP contribution is -2.59. The number of hydrogen-bond donors (Lipinski definition) is 3. The van der Waals surface area contributed by atoms with E-state index >= 15 is 0 Å². The third-order valence-corrected chi connectivity index (χ3v) is 6.25. The molecule has 1 heterocycles. The van der Waals surface area contributed by atoms with Crippen molar-refractivity contribution in [3.05, 3.63) is 0 Å². The maximum Gasteiger partial charge on any atom is 0.408 e. The number of rotatable bonds is 7. The Bertz CT molecular complexity index is 602. The van der Waals surface area contributed by atoms with Gasteiger partial charge in [-0.2, -0.15) is 0 Å². The summed E-state index contributed by atoms with van der Waals surface area (Å²) < 4.78 is 5.54. The van der Waals surface area contributed by atoms with Gasteiger partial charge in [-0.15, -0.1) is 5.17 Å². The van der Waals surface area contributed by atoms with E-state index in [4.69, 9.17) is 15.4 Å². The van der Waals surface area contributed by atoms with Gasteiger partial charge >= 0.3 is 12.1 Å². The fraction of sp³-hybridized carbons (Fsp3) is 0.905. The molecule has 8 heteroatoms. The fourth-order valence-electron chi connectivity index (χ4n) is 5.38. The lowest BCUT2D eigenvalue weighted by molar-refractivity contribution is -0.190. The van der Waals surface area contributed by atoms with Gasteiger partial charge in [0.2, 0.25) is 0 Å². The number of carbonyl (C=O) groups is 2. The Hall–Kier alpha value is -1.38. The van der Waals surface area contributed by atoms with Crippen LogP contribution < -0.4 is 11.2 Å². The molecule has 1 saturated carbocycles. The molecule has 2 rings (SSSR count). The van der Waals surface area contributed by atoms with Gasteiger partial charge in [0.1, 0.15) is 11.7 Å². The Balaban J connectivity index is 2.50. The topological polar surface area (TPSA) is 114 Å². The number of nitrogens with two attached hydrogens (primary N) is 1. The zero-order valence-corrected chi connectivity index (χ0v) is 18.9. The Morgan fingerprint density at radius 3 is 2.34 bits per heavy atom. The van der Waals surface area contributed by atoms with E-state index in [0.29, 0.717) is 12.8 Å². The summed E-state index contributed by atoms with van der Waals surface area (Å²) in [6, 6.07) is -0.173. The van der Waals surface area contributed by atoms with Crippen LogP contribution in [0.2, 0.25) is 0 Å². The Labute approximate surface area is 174 Å². The van der Waals surface area contributed by atoms with Crippen molar-refractivity contribution in [2.75, 3.05) is 0 Å². The van der Waals surface area contributed by atoms with Crippen LogP contribution in [0.4, 0.5) is 4.79 Å². The monoisotopic (exact) mass is 413 g/mol. The van der Waals surface area contributed by atoms with Crippen LogP contribution in [0.3, 0.4) is 0 Å². The third kappa shape index (κ3) is 5.03. The van der Waals surface area contributed by atoms with E-state index < -0.39 is 35.2 Å². The first-order valence-electron chi connectivity index (χ1n) is 10.8. The number of carboxylic acid groups (broad SMARTS) is 1. The lowest BCUT2D eigenvalue weighted by Gasteiger charge is -2.42. The highest BCUT2D eigenvalue weighted by Crippen LogP contribution is 2.53. The molecule has 0 radical (unpaired) electrons. The fourth-order valence-corrected chi connectivity index (χ4v) is 5.38. The second kappa shape index (κ2) is 8.78. The van der Waals surface area contributed by atoms with Crippen LogP contribution in [0.25, 0.3) is 0 Å². The summed E-state index contributed by atoms with van der Waals surface area (Å²) in [6.45, 7) is 13.8. The number of fused-ring (bicyclic) bond motifs is 1. The predicted molar refractivity (Wildman–Crippen MR) is 110 cm³/mol. The lowest BCUT2D eigenvalue weighted by atomic mass is 9.72. The maximum absolute atomic E-state index is 12.8. The Morgan fingerprint density at radius 1 is 1.31 bits per heavy atom. The first kappa shape index (κ1) is 23.9. The molecule has 2 fully saturated rings. The number of nitrogens with zero attached hydrogens (tertiary/aromatic N) is 1. The smallest absolute Gasteiger partial charge is 0.408 e. The average Bonchev–Trinajstić information content (AvgIpc) is 3.02. The molecule has 1 aliphatic heterocycles. The first-order valence-corrected chi connectivity index (χ1v) is 10.8. The number of ether oxygens (including phenoxy) is 1. The molecule has 0 aromatic rings. The van der Waals surface area contributed by atoms with Crippen LogP contribution in [0, 0.1) is 23.7 Å². The molecule has 0 spiro atoms. The van der Waals surface area contributed by atoms with Gasteiger partial charge in [0.15, 0.2) is 0 Å². The van der Waals surface area contributed by atoms with Crippen molar-refractivity contribution in [3.63, 3.8) is 0 Å². The molecule has 8 nitrogen and oxygen atoms in total. The minimum Gasteiger partial charge on any atom is -0.481 e. The number of hydrazine groups is 1. The predicted octanol–water partition coefficient (Wildman–Crippen LogP) is 3.31. The molecule has 1 saturated heterocycles. The number of carbonyl (C=O) groups excluding carboxylic acids is 1. The largest absolute Gasteiger partial charge is 0.481 e. The van der Waals surface area contributed by atoms with E-state index in [0.717, 1.165) is 12.8 Å². The van der Waals surface area contributed by atoms with Crippen molar-refractivity contribution in [2.24, 2.45) is 29.5 Å². The van der Waals surface area contributed by atoms with Crippen LogP contribution in [-0.2, 0) is 14.4 Å². The molecule has 2 aliphatic rings. The zero-order chi connectivity index (χ0) is 22.1. The molecule has 29 heavy (non-hydrogen) atoms. The van der Waals surface area contributed by atoms with Crippen LogP contribution in [-0.4, -0.2) is 45.6 Å². The van der Waals surface area contributed by atoms with Crippen molar-refractivity contribution in [1.82, 2.24) is 10.5 Å². The zero-order valence-electron chi connectivity index (χ0n) is 18.9. The molecule has 168 valence electrons. The average molecular weight is 414 g/mol. The molecular formula is C21H39N3O5. The van der Waals surface area contributed by atoms with Gasteiger partial charge in [-0.05, 0) is 45.4 Å². The summed E-state index contributed by atoms with van der Waals surface area (Å²) in [6.07, 6.45) is 1.62. The van der Waals surface area contributed by atoms with Crippen LogP contribution in [0.15, 0.2) is 0 Å². The number of aliphatic carboxylic acids is 1. The van der Waals surface area contributed by atoms with Gasteiger partial charge in [0.05, 0.1) is 17.5 Å². The van der Waals surface area contributed by atoms with Gasteiger partial charge in [-0.1, -0.05) is 40.5 Å². The molecule has 1 aliphatic carbocycles. The Morgan fingerprint density at radius 2 is 1.90 bits per heavy atom. The van der Waals surface area contributed by atoms with E-state index in [9.17, 15) is 14.7 Å². The molecule has 0 bridgehead atoms. The summed E-state index contributed by atoms with van der Waals surface area (Å²) in [4.78, 5) is 30.8. The number of carboxylic acids is 1. The minimum atomic E-state index is -0.921. The molecule has 0 aromatic heterocycles. The molecule has 0 aromatic carbocycles. The molecule has 1 amide bonds. The second-order valence-electron chi connectivity index (χ2n) is 10.1. The first-order chi connectivity index (χ1) is 13.3. The van der Waals surface area contributed by atoms with Gasteiger partial charge in [-0.25, -0.2) is 10.6 Å². The highest BCUT2D eigenvalue weighted by Gasteiger charge is 2.65. The SMILES string of the molecule is CCC(CC)C1[C@@H]2C(ON1N)[C@@H](C(=O)O)C[C@@]2(CC(C)C)NC(=O)OC(C)(C)C. The molecule has 2 unspecified atom stereocenters. The molecule has 5 atom stereocenters. The van der Waals surface area contributed by atoms with Crippen LogP contribution >= 0.6 is 0 Å². The maximum atomic E-state index is 12.8. The quantitative estimate of drug-likeness (QED) is 0.549. The summed E-state index contributed by atoms with van der Waals surface area (Å²) in [5, 5.41) is 14.3. The summed E-state index contributed by atoms with van der Waals surface area (Å²) in [5.74, 6) is 4.83. The number of hydroxylamine groups is 1. The summed E-state index contributed by atoms with van der Waals surface area (Å²) in [5.41, 5.74) is -1.40. The molecule has 4 N–H and O–H groups in total. The second-order valence-corrected chi connectivity index (χ2v) is 10.1. The number of amides is 1. The normalized spacial score (nSPS) is 32.6. The Kier molecular flexibility index (Phi) is 7.23. The van der Waals surface area contributed by atoms with Crippen LogP contribution in [0.5, 0.6) is 0 Å². The summed E-state index contributed by atoms with van der Waals surface area (Å²) >= 11 is 0. The van der Waals surface area contributed by atoms with Crippen molar-refractivity contribution in [1.29, 1.82) is 0 Å². The van der Waals surface area contributed by atoms with Crippen molar-refractivity contribution in [2.45, 2.75) is 97.4 Å². The van der Waals surface area contributed by atoms with Crippen molar-refractivity contribution in [3.8, 4) is 0 Å². The highest BCUT2D eigenvalue weighted by molar-refractivity contribution is 5.73. The highest BCUT2D eigenvalue weighted by atomic mass is 16.7. The molecular weight excluding hydrogens is 374 g/mol. The van der Waals surface area contributed by atoms with E-state index in [-0.39, 0.29) is 23.8 Å². The minimum absolute atomic E-state index is 0.173. The van der Waals surface area contributed by atoms with Gasteiger partial charge in [-0.3, -0.25) is 9.63 Å². The van der Waals surface area contributed by atoms with Gasteiger partial charge in [0, 0.05) is 5.92 Å². The van der Waals surface area contributed by atoms with Gasteiger partial charge < -0.3 is 15.2 Å². The van der Waals surface area contributed by atoms with Crippen LogP contribution in [0.1, 0.15) is 74.1 Å². The van der Waals surface area contributed by atoms with Gasteiger partial charge in [0.25, 0.3) is 0 Å². The van der Waals surface area contributed by atoms with Crippen molar-refractivity contribution < 1.29 is 24.3 Å². The third-order valence-electron chi connectivity index (χ3n) is 6.25. The van der Waals surface area contributed by atoms with Crippen molar-refractivity contribution >= 4 is 12.1 Å². The van der Waals surface area contributed by atoms with E-state index in [2.05, 4.69) is 33.0 Å². The van der Waals surface area contributed by atoms with E-state index in [1.54, 1.807) is 0 Å².